The predicted octanol–water partition coefficient (Wildman–Crippen LogP) is 2.74. The molecular formula is C19H19N3O3S. The van der Waals surface area contributed by atoms with Gasteiger partial charge in [-0.1, -0.05) is 30.3 Å². The highest BCUT2D eigenvalue weighted by Gasteiger charge is 2.50. The van der Waals surface area contributed by atoms with Crippen molar-refractivity contribution in [1.82, 2.24) is 15.8 Å². The first-order valence-corrected chi connectivity index (χ1v) is 9.45. The normalized spacial score (nSPS) is 22.1. The van der Waals surface area contributed by atoms with E-state index < -0.39 is 23.4 Å². The van der Waals surface area contributed by atoms with Gasteiger partial charge >= 0.3 is 6.03 Å². The number of hydrogen-bond donors (Lipinski definition) is 2. The van der Waals surface area contributed by atoms with Crippen LogP contribution in [0.15, 0.2) is 36.4 Å². The highest BCUT2D eigenvalue weighted by Crippen LogP contribution is 2.31. The van der Waals surface area contributed by atoms with Gasteiger partial charge in [0.25, 0.3) is 11.8 Å². The summed E-state index contributed by atoms with van der Waals surface area (Å²) in [7, 11) is 0. The van der Waals surface area contributed by atoms with Crippen molar-refractivity contribution in [3.8, 4) is 0 Å². The van der Waals surface area contributed by atoms with Crippen LogP contribution < -0.4 is 10.7 Å². The van der Waals surface area contributed by atoms with Crippen molar-refractivity contribution in [2.24, 2.45) is 0 Å². The number of fused-ring (bicyclic) bond motifs is 1. The van der Waals surface area contributed by atoms with E-state index in [1.807, 2.05) is 12.1 Å². The van der Waals surface area contributed by atoms with Crippen LogP contribution in [0.25, 0.3) is 0 Å². The van der Waals surface area contributed by atoms with E-state index in [2.05, 4.69) is 10.7 Å². The molecule has 4 rings (SSSR count). The number of aryl methyl sites for hydroxylation is 2. The van der Waals surface area contributed by atoms with E-state index in [1.54, 1.807) is 31.2 Å². The maximum atomic E-state index is 12.8. The van der Waals surface area contributed by atoms with Crippen molar-refractivity contribution in [1.29, 1.82) is 0 Å². The number of benzene rings is 1. The fourth-order valence-corrected chi connectivity index (χ4v) is 4.61. The summed E-state index contributed by atoms with van der Waals surface area (Å²) in [4.78, 5) is 39.5. The van der Waals surface area contributed by atoms with Crippen LogP contribution in [0.5, 0.6) is 0 Å². The molecule has 7 heteroatoms. The van der Waals surface area contributed by atoms with Crippen LogP contribution >= 0.6 is 11.3 Å². The molecule has 1 aromatic carbocycles. The zero-order valence-corrected chi connectivity index (χ0v) is 15.2. The van der Waals surface area contributed by atoms with E-state index in [0.717, 1.165) is 30.7 Å². The van der Waals surface area contributed by atoms with E-state index in [0.29, 0.717) is 10.4 Å². The van der Waals surface area contributed by atoms with E-state index in [-0.39, 0.29) is 0 Å². The van der Waals surface area contributed by atoms with Crippen LogP contribution in [0.4, 0.5) is 4.79 Å². The summed E-state index contributed by atoms with van der Waals surface area (Å²) >= 11 is 1.44. The molecule has 2 heterocycles. The van der Waals surface area contributed by atoms with Gasteiger partial charge in [0.2, 0.25) is 0 Å². The quantitative estimate of drug-likeness (QED) is 0.817. The number of carbonyl (C=O) groups excluding carboxylic acids is 3. The Hall–Kier alpha value is -2.67. The lowest BCUT2D eigenvalue weighted by molar-refractivity contribution is -0.132. The van der Waals surface area contributed by atoms with Gasteiger partial charge in [-0.3, -0.25) is 15.0 Å². The second kappa shape index (κ2) is 6.25. The summed E-state index contributed by atoms with van der Waals surface area (Å²) in [5.74, 6) is -0.923. The number of imide groups is 1. The Labute approximate surface area is 155 Å². The van der Waals surface area contributed by atoms with Gasteiger partial charge in [-0.25, -0.2) is 4.79 Å². The molecule has 134 valence electrons. The van der Waals surface area contributed by atoms with Gasteiger partial charge in [-0.15, -0.1) is 11.3 Å². The van der Waals surface area contributed by atoms with Crippen molar-refractivity contribution in [2.45, 2.75) is 38.1 Å². The summed E-state index contributed by atoms with van der Waals surface area (Å²) in [6, 6.07) is 10.2. The highest BCUT2D eigenvalue weighted by atomic mass is 32.1. The lowest BCUT2D eigenvalue weighted by atomic mass is 9.92. The predicted molar refractivity (Wildman–Crippen MR) is 97.6 cm³/mol. The van der Waals surface area contributed by atoms with Crippen LogP contribution in [0.3, 0.4) is 0 Å². The van der Waals surface area contributed by atoms with Gasteiger partial charge < -0.3 is 5.32 Å². The summed E-state index contributed by atoms with van der Waals surface area (Å²) in [5, 5.41) is 3.46. The first-order valence-electron chi connectivity index (χ1n) is 8.64. The third kappa shape index (κ3) is 2.68. The number of rotatable bonds is 3. The van der Waals surface area contributed by atoms with E-state index in [9.17, 15) is 14.4 Å². The molecule has 2 aromatic rings. The molecule has 1 aliphatic heterocycles. The fourth-order valence-electron chi connectivity index (χ4n) is 3.47. The zero-order valence-electron chi connectivity index (χ0n) is 14.4. The SMILES string of the molecule is C[C@@]1(c2ccccc2)NC(=O)N(NC(=O)c2cc3c(s2)CCCC3)C1=O. The summed E-state index contributed by atoms with van der Waals surface area (Å²) in [5.41, 5.74) is 3.15. The Morgan fingerprint density at radius 3 is 2.65 bits per heavy atom. The zero-order chi connectivity index (χ0) is 18.3. The smallest absolute Gasteiger partial charge is 0.318 e. The van der Waals surface area contributed by atoms with Gasteiger partial charge in [0, 0.05) is 4.88 Å². The van der Waals surface area contributed by atoms with Crippen LogP contribution in [-0.4, -0.2) is 22.9 Å². The number of amides is 4. The van der Waals surface area contributed by atoms with Crippen molar-refractivity contribution >= 4 is 29.2 Å². The number of nitrogens with one attached hydrogen (secondary N) is 2. The number of nitrogens with zero attached hydrogens (tertiary/aromatic N) is 1. The molecule has 0 spiro atoms. The highest BCUT2D eigenvalue weighted by molar-refractivity contribution is 7.14. The summed E-state index contributed by atoms with van der Waals surface area (Å²) in [6.07, 6.45) is 4.24. The maximum Gasteiger partial charge on any atom is 0.344 e. The number of carbonyl (C=O) groups is 3. The Morgan fingerprint density at radius 1 is 1.19 bits per heavy atom. The number of hydrazine groups is 1. The molecule has 2 N–H and O–H groups in total. The van der Waals surface area contributed by atoms with E-state index >= 15 is 0 Å². The van der Waals surface area contributed by atoms with Crippen molar-refractivity contribution in [3.63, 3.8) is 0 Å². The average molecular weight is 369 g/mol. The molecule has 1 aliphatic carbocycles. The first kappa shape index (κ1) is 16.8. The fraction of sp³-hybridized carbons (Fsp3) is 0.316. The molecule has 1 fully saturated rings. The lowest BCUT2D eigenvalue weighted by Crippen LogP contribution is -2.47. The summed E-state index contributed by atoms with van der Waals surface area (Å²) in [6.45, 7) is 1.64. The number of thiophene rings is 1. The van der Waals surface area contributed by atoms with Crippen LogP contribution in [0.1, 0.15) is 45.4 Å². The molecule has 2 aliphatic rings. The number of urea groups is 1. The Bertz CT molecular complexity index is 869. The van der Waals surface area contributed by atoms with E-state index in [1.165, 1.54) is 21.8 Å². The van der Waals surface area contributed by atoms with Gasteiger partial charge in [0.05, 0.1) is 4.88 Å². The second-order valence-electron chi connectivity index (χ2n) is 6.77. The van der Waals surface area contributed by atoms with Gasteiger partial charge in [-0.05, 0) is 49.8 Å². The first-order chi connectivity index (χ1) is 12.5. The number of hydrogen-bond acceptors (Lipinski definition) is 4. The second-order valence-corrected chi connectivity index (χ2v) is 7.91. The molecule has 1 atom stereocenters. The molecule has 1 saturated heterocycles. The van der Waals surface area contributed by atoms with Crippen molar-refractivity contribution in [2.75, 3.05) is 0 Å². The van der Waals surface area contributed by atoms with Crippen LogP contribution in [-0.2, 0) is 23.2 Å². The minimum absolute atomic E-state index is 0.426. The average Bonchev–Trinajstić information content (AvgIpc) is 3.18. The molecule has 0 unspecified atom stereocenters. The molecule has 6 nitrogen and oxygen atoms in total. The molecule has 0 saturated carbocycles. The summed E-state index contributed by atoms with van der Waals surface area (Å²) < 4.78 is 0. The lowest BCUT2D eigenvalue weighted by Gasteiger charge is -2.21. The molecular weight excluding hydrogens is 350 g/mol. The standard InChI is InChI=1S/C19H19N3O3S/c1-19(13-8-3-2-4-9-13)17(24)22(18(25)20-19)21-16(23)15-11-12-7-5-6-10-14(12)26-15/h2-4,8-9,11H,5-7,10H2,1H3,(H,20,25)(H,21,23)/t19-/m0/s1. The topological polar surface area (TPSA) is 78.5 Å². The maximum absolute atomic E-state index is 12.8. The minimum atomic E-state index is -1.19. The van der Waals surface area contributed by atoms with Gasteiger partial charge in [0.15, 0.2) is 0 Å². The third-order valence-electron chi connectivity index (χ3n) is 4.98. The molecule has 0 bridgehead atoms. The Kier molecular flexibility index (Phi) is 4.03. The van der Waals surface area contributed by atoms with Crippen molar-refractivity contribution < 1.29 is 14.4 Å². The monoisotopic (exact) mass is 369 g/mol. The Morgan fingerprint density at radius 2 is 1.92 bits per heavy atom. The molecule has 0 radical (unpaired) electrons. The van der Waals surface area contributed by atoms with Gasteiger partial charge in [-0.2, -0.15) is 5.01 Å². The van der Waals surface area contributed by atoms with Crippen LogP contribution in [0.2, 0.25) is 0 Å². The van der Waals surface area contributed by atoms with Crippen LogP contribution in [0, 0.1) is 0 Å². The molecule has 26 heavy (non-hydrogen) atoms. The molecule has 4 amide bonds. The van der Waals surface area contributed by atoms with Gasteiger partial charge in [0.1, 0.15) is 5.54 Å². The third-order valence-corrected chi connectivity index (χ3v) is 6.21. The Balaban J connectivity index is 1.55. The minimum Gasteiger partial charge on any atom is -0.318 e. The van der Waals surface area contributed by atoms with Crippen molar-refractivity contribution in [3.05, 3.63) is 57.3 Å². The molecule has 1 aromatic heterocycles. The van der Waals surface area contributed by atoms with E-state index in [4.69, 9.17) is 0 Å². The largest absolute Gasteiger partial charge is 0.344 e.